The van der Waals surface area contributed by atoms with Gasteiger partial charge in [-0.05, 0) is 46.9 Å². The number of carboxylic acid groups (broad SMARTS) is 1. The number of carboxylic acids is 1. The van der Waals surface area contributed by atoms with Crippen LogP contribution in [0, 0.1) is 15.2 Å². The van der Waals surface area contributed by atoms with Gasteiger partial charge >= 0.3 is 5.97 Å². The first-order valence-corrected chi connectivity index (χ1v) is 6.31. The van der Waals surface area contributed by atoms with E-state index in [0.717, 1.165) is 15.7 Å². The van der Waals surface area contributed by atoms with Crippen molar-refractivity contribution >= 4 is 39.9 Å². The monoisotopic (exact) mass is 375 g/mol. The van der Waals surface area contributed by atoms with E-state index >= 15 is 0 Å². The Labute approximate surface area is 121 Å². The van der Waals surface area contributed by atoms with E-state index in [0.29, 0.717) is 5.69 Å². The molecule has 0 radical (unpaired) electrons. The van der Waals surface area contributed by atoms with Gasteiger partial charge in [0, 0.05) is 3.57 Å². The SMILES string of the molecule is O=C(O)c1cc(F)c(Nc2ccccc2I)c(F)c1. The fraction of sp³-hybridized carbons (Fsp3) is 0. The predicted octanol–water partition coefficient (Wildman–Crippen LogP) is 4.01. The molecular weight excluding hydrogens is 367 g/mol. The van der Waals surface area contributed by atoms with Crippen LogP contribution >= 0.6 is 22.6 Å². The quantitative estimate of drug-likeness (QED) is 0.798. The number of aromatic carboxylic acids is 1. The molecule has 0 aliphatic carbocycles. The molecule has 3 nitrogen and oxygen atoms in total. The van der Waals surface area contributed by atoms with Gasteiger partial charge in [0.2, 0.25) is 0 Å². The molecule has 0 unspecified atom stereocenters. The number of rotatable bonds is 3. The first-order valence-electron chi connectivity index (χ1n) is 5.23. The van der Waals surface area contributed by atoms with E-state index in [1.54, 1.807) is 24.3 Å². The Bertz CT molecular complexity index is 623. The van der Waals surface area contributed by atoms with Crippen LogP contribution in [-0.2, 0) is 0 Å². The first-order chi connectivity index (χ1) is 8.99. The maximum absolute atomic E-state index is 13.7. The number of nitrogens with one attached hydrogen (secondary N) is 1. The molecule has 0 heterocycles. The average molecular weight is 375 g/mol. The van der Waals surface area contributed by atoms with Crippen molar-refractivity contribution in [2.75, 3.05) is 5.32 Å². The number of carbonyl (C=O) groups is 1. The molecule has 0 fully saturated rings. The summed E-state index contributed by atoms with van der Waals surface area (Å²) in [7, 11) is 0. The highest BCUT2D eigenvalue weighted by atomic mass is 127. The number of hydrogen-bond acceptors (Lipinski definition) is 2. The molecule has 0 saturated heterocycles. The minimum absolute atomic E-state index is 0.367. The minimum Gasteiger partial charge on any atom is -0.478 e. The van der Waals surface area contributed by atoms with Crippen LogP contribution in [0.15, 0.2) is 36.4 Å². The van der Waals surface area contributed by atoms with Gasteiger partial charge in [0.1, 0.15) is 5.69 Å². The highest BCUT2D eigenvalue weighted by molar-refractivity contribution is 14.1. The Morgan fingerprint density at radius 3 is 2.26 bits per heavy atom. The highest BCUT2D eigenvalue weighted by Crippen LogP contribution is 2.27. The molecular formula is C13H8F2INO2. The van der Waals surface area contributed by atoms with E-state index in [1.165, 1.54) is 0 Å². The van der Waals surface area contributed by atoms with Crippen molar-refractivity contribution in [1.82, 2.24) is 0 Å². The van der Waals surface area contributed by atoms with Gasteiger partial charge in [-0.3, -0.25) is 0 Å². The van der Waals surface area contributed by atoms with Crippen LogP contribution in [0.4, 0.5) is 20.2 Å². The normalized spacial score (nSPS) is 10.3. The molecule has 6 heteroatoms. The summed E-state index contributed by atoms with van der Waals surface area (Å²) in [5.74, 6) is -3.27. The molecule has 2 aromatic rings. The van der Waals surface area contributed by atoms with Gasteiger partial charge in [0.15, 0.2) is 11.6 Å². The molecule has 0 spiro atoms. The van der Waals surface area contributed by atoms with Crippen molar-refractivity contribution in [3.63, 3.8) is 0 Å². The van der Waals surface area contributed by atoms with Gasteiger partial charge < -0.3 is 10.4 Å². The van der Waals surface area contributed by atoms with Gasteiger partial charge in [-0.15, -0.1) is 0 Å². The van der Waals surface area contributed by atoms with Crippen molar-refractivity contribution in [1.29, 1.82) is 0 Å². The zero-order valence-corrected chi connectivity index (χ0v) is 11.6. The Morgan fingerprint density at radius 1 is 1.16 bits per heavy atom. The number of hydrogen-bond donors (Lipinski definition) is 2. The topological polar surface area (TPSA) is 49.3 Å². The van der Waals surface area contributed by atoms with E-state index in [2.05, 4.69) is 5.32 Å². The van der Waals surface area contributed by atoms with E-state index < -0.39 is 23.2 Å². The molecule has 0 aliphatic heterocycles. The number of benzene rings is 2. The zero-order valence-electron chi connectivity index (χ0n) is 9.45. The van der Waals surface area contributed by atoms with Gasteiger partial charge in [0.05, 0.1) is 11.3 Å². The molecule has 0 saturated carbocycles. The molecule has 0 bridgehead atoms. The van der Waals surface area contributed by atoms with Crippen LogP contribution < -0.4 is 5.32 Å². The molecule has 2 N–H and O–H groups in total. The minimum atomic E-state index is -1.38. The molecule has 2 aromatic carbocycles. The predicted molar refractivity (Wildman–Crippen MR) is 75.8 cm³/mol. The van der Waals surface area contributed by atoms with E-state index in [-0.39, 0.29) is 5.69 Å². The summed E-state index contributed by atoms with van der Waals surface area (Å²) in [4.78, 5) is 10.7. The molecule has 0 aromatic heterocycles. The van der Waals surface area contributed by atoms with Crippen molar-refractivity contribution in [3.8, 4) is 0 Å². The van der Waals surface area contributed by atoms with Gasteiger partial charge in [-0.1, -0.05) is 12.1 Å². The van der Waals surface area contributed by atoms with Crippen LogP contribution in [0.2, 0.25) is 0 Å². The van der Waals surface area contributed by atoms with Gasteiger partial charge in [-0.25, -0.2) is 13.6 Å². The third-order valence-corrected chi connectivity index (χ3v) is 3.36. The van der Waals surface area contributed by atoms with Crippen LogP contribution in [0.5, 0.6) is 0 Å². The van der Waals surface area contributed by atoms with E-state index in [1.807, 2.05) is 22.6 Å². The Balaban J connectivity index is 2.42. The lowest BCUT2D eigenvalue weighted by molar-refractivity contribution is 0.0696. The summed E-state index contributed by atoms with van der Waals surface area (Å²) in [6, 6.07) is 8.54. The summed E-state index contributed by atoms with van der Waals surface area (Å²) < 4.78 is 28.2. The third-order valence-electron chi connectivity index (χ3n) is 2.42. The van der Waals surface area contributed by atoms with Crippen molar-refractivity contribution < 1.29 is 18.7 Å². The standard InChI is InChI=1S/C13H8F2INO2/c14-8-5-7(13(18)19)6-9(15)12(8)17-11-4-2-1-3-10(11)16/h1-6,17H,(H,18,19). The molecule has 0 amide bonds. The Morgan fingerprint density at radius 2 is 1.74 bits per heavy atom. The van der Waals surface area contributed by atoms with E-state index in [4.69, 9.17) is 5.11 Å². The summed E-state index contributed by atoms with van der Waals surface area (Å²) in [5, 5.41) is 11.3. The Kier molecular flexibility index (Phi) is 3.98. The lowest BCUT2D eigenvalue weighted by Gasteiger charge is -2.11. The zero-order chi connectivity index (χ0) is 14.0. The summed E-state index contributed by atoms with van der Waals surface area (Å²) in [5.41, 5.74) is -0.249. The maximum Gasteiger partial charge on any atom is 0.335 e. The van der Waals surface area contributed by atoms with Crippen molar-refractivity contribution in [3.05, 3.63) is 57.2 Å². The molecule has 2 rings (SSSR count). The maximum atomic E-state index is 13.7. The summed E-state index contributed by atoms with van der Waals surface area (Å²) in [6.07, 6.45) is 0. The second-order valence-electron chi connectivity index (χ2n) is 3.72. The largest absolute Gasteiger partial charge is 0.478 e. The van der Waals surface area contributed by atoms with Crippen LogP contribution in [0.25, 0.3) is 0 Å². The number of para-hydroxylation sites is 1. The Hall–Kier alpha value is -1.70. The fourth-order valence-electron chi connectivity index (χ4n) is 1.51. The first kappa shape index (κ1) is 13.7. The average Bonchev–Trinajstić information content (AvgIpc) is 2.35. The van der Waals surface area contributed by atoms with Crippen molar-refractivity contribution in [2.24, 2.45) is 0 Å². The third kappa shape index (κ3) is 3.01. The van der Waals surface area contributed by atoms with Crippen LogP contribution in [-0.4, -0.2) is 11.1 Å². The summed E-state index contributed by atoms with van der Waals surface area (Å²) in [6.45, 7) is 0. The molecule has 98 valence electrons. The second kappa shape index (κ2) is 5.52. The number of halogens is 3. The van der Waals surface area contributed by atoms with Gasteiger partial charge in [-0.2, -0.15) is 0 Å². The lowest BCUT2D eigenvalue weighted by Crippen LogP contribution is -2.04. The highest BCUT2D eigenvalue weighted by Gasteiger charge is 2.15. The van der Waals surface area contributed by atoms with E-state index in [9.17, 15) is 13.6 Å². The smallest absolute Gasteiger partial charge is 0.335 e. The molecule has 0 aliphatic rings. The molecule has 0 atom stereocenters. The fourth-order valence-corrected chi connectivity index (χ4v) is 2.04. The van der Waals surface area contributed by atoms with Crippen LogP contribution in [0.1, 0.15) is 10.4 Å². The summed E-state index contributed by atoms with van der Waals surface area (Å²) >= 11 is 2.03. The number of anilines is 2. The van der Waals surface area contributed by atoms with Crippen molar-refractivity contribution in [2.45, 2.75) is 0 Å². The van der Waals surface area contributed by atoms with Crippen LogP contribution in [0.3, 0.4) is 0 Å². The second-order valence-corrected chi connectivity index (χ2v) is 4.89. The molecule has 19 heavy (non-hydrogen) atoms. The lowest BCUT2D eigenvalue weighted by atomic mass is 10.2. The van der Waals surface area contributed by atoms with Gasteiger partial charge in [0.25, 0.3) is 0 Å².